The smallest absolute Gasteiger partial charge is 0.252 e. The third-order valence-electron chi connectivity index (χ3n) is 13.6. The molecule has 3 nitrogen and oxygen atoms in total. The lowest BCUT2D eigenvalue weighted by molar-refractivity contribution is 0.568. The molecule has 0 atom stereocenters. The molecule has 0 saturated carbocycles. The molecule has 326 valence electrons. The molecule has 0 aliphatic carbocycles. The minimum Gasteiger partial charge on any atom is -0.311 e. The molecular formula is C59H72BN3. The predicted molar refractivity (Wildman–Crippen MR) is 276 cm³/mol. The third-order valence-corrected chi connectivity index (χ3v) is 13.6. The number of rotatable bonds is 3. The summed E-state index contributed by atoms with van der Waals surface area (Å²) in [6.07, 6.45) is 1.93. The Morgan fingerprint density at radius 2 is 0.730 bits per heavy atom. The lowest BCUT2D eigenvalue weighted by atomic mass is 9.33. The number of fused-ring (bicyclic) bond motifs is 4. The first kappa shape index (κ1) is 44.5. The largest absolute Gasteiger partial charge is 0.311 e. The van der Waals surface area contributed by atoms with Crippen LogP contribution in [0, 0.1) is 0 Å². The van der Waals surface area contributed by atoms with E-state index in [0.29, 0.717) is 0 Å². The molecule has 0 saturated heterocycles. The summed E-state index contributed by atoms with van der Waals surface area (Å²) in [6, 6.07) is 40.6. The van der Waals surface area contributed by atoms with Gasteiger partial charge in [-0.1, -0.05) is 167 Å². The fourth-order valence-corrected chi connectivity index (χ4v) is 9.39. The minimum atomic E-state index is -0.0512. The van der Waals surface area contributed by atoms with Crippen molar-refractivity contribution in [1.82, 2.24) is 4.98 Å². The molecule has 8 rings (SSSR count). The van der Waals surface area contributed by atoms with Crippen LogP contribution in [0.3, 0.4) is 0 Å². The number of hydrogen-bond donors (Lipinski definition) is 0. The maximum absolute atomic E-state index is 5.02. The summed E-state index contributed by atoms with van der Waals surface area (Å²) in [5, 5.41) is 0. The average molecular weight is 834 g/mol. The van der Waals surface area contributed by atoms with Crippen molar-refractivity contribution in [2.45, 2.75) is 157 Å². The quantitative estimate of drug-likeness (QED) is 0.165. The van der Waals surface area contributed by atoms with Crippen molar-refractivity contribution in [3.05, 3.63) is 143 Å². The van der Waals surface area contributed by atoms with Crippen LogP contribution in [0.2, 0.25) is 0 Å². The number of nitrogens with zero attached hydrogens (tertiary/aromatic N) is 3. The standard InChI is InChI=1S/C59H72BN3/c1-54(2,3)38-22-24-49-46(35-38)60-47-36-39(55(4,5)6)23-25-50(47)63(45-33-42(58(13,14)15)30-43(34-45)59(16,17)18)52-28-37(48-21-19-20-26-61-48)27-51(53(52)60)62(49)44-31-40(56(7,8)9)29-41(32-44)57(10,11)12/h19-36H,1-18H3. The molecule has 2 aliphatic rings. The van der Waals surface area contributed by atoms with Gasteiger partial charge in [0, 0.05) is 45.9 Å². The molecule has 0 spiro atoms. The summed E-state index contributed by atoms with van der Waals surface area (Å²) in [5.74, 6) is 0. The number of aromatic nitrogens is 1. The van der Waals surface area contributed by atoms with Gasteiger partial charge in [0.25, 0.3) is 6.71 Å². The Morgan fingerprint density at radius 3 is 1.05 bits per heavy atom. The van der Waals surface area contributed by atoms with Gasteiger partial charge in [-0.2, -0.15) is 0 Å². The molecule has 0 amide bonds. The van der Waals surface area contributed by atoms with Crippen LogP contribution in [-0.2, 0) is 32.5 Å². The van der Waals surface area contributed by atoms with E-state index in [2.05, 4.69) is 231 Å². The number of hydrogen-bond acceptors (Lipinski definition) is 3. The lowest BCUT2D eigenvalue weighted by Gasteiger charge is -2.45. The molecule has 0 fully saturated rings. The van der Waals surface area contributed by atoms with Crippen LogP contribution >= 0.6 is 0 Å². The van der Waals surface area contributed by atoms with Gasteiger partial charge < -0.3 is 9.80 Å². The molecule has 6 aromatic rings. The lowest BCUT2D eigenvalue weighted by Crippen LogP contribution is -2.61. The van der Waals surface area contributed by atoms with E-state index in [1.165, 1.54) is 83.9 Å². The maximum atomic E-state index is 5.02. The van der Waals surface area contributed by atoms with E-state index in [4.69, 9.17) is 4.98 Å². The van der Waals surface area contributed by atoms with Gasteiger partial charge in [0.2, 0.25) is 0 Å². The van der Waals surface area contributed by atoms with Gasteiger partial charge in [0.05, 0.1) is 5.69 Å². The first-order valence-corrected chi connectivity index (χ1v) is 23.3. The highest BCUT2D eigenvalue weighted by Gasteiger charge is 2.45. The fourth-order valence-electron chi connectivity index (χ4n) is 9.39. The van der Waals surface area contributed by atoms with Gasteiger partial charge in [0.15, 0.2) is 0 Å². The average Bonchev–Trinajstić information content (AvgIpc) is 3.18. The first-order chi connectivity index (χ1) is 29.0. The highest BCUT2D eigenvalue weighted by molar-refractivity contribution is 7.00. The molecule has 0 N–H and O–H groups in total. The monoisotopic (exact) mass is 834 g/mol. The second-order valence-electron chi connectivity index (χ2n) is 24.8. The van der Waals surface area contributed by atoms with E-state index < -0.39 is 0 Å². The second-order valence-corrected chi connectivity index (χ2v) is 24.8. The summed E-state index contributed by atoms with van der Waals surface area (Å²) in [7, 11) is 0. The Hall–Kier alpha value is -5.09. The number of benzene rings is 5. The van der Waals surface area contributed by atoms with E-state index in [1.807, 2.05) is 12.3 Å². The van der Waals surface area contributed by atoms with Crippen LogP contribution in [0.25, 0.3) is 11.3 Å². The van der Waals surface area contributed by atoms with Crippen molar-refractivity contribution in [3.8, 4) is 11.3 Å². The van der Waals surface area contributed by atoms with Crippen molar-refractivity contribution < 1.29 is 0 Å². The summed E-state index contributed by atoms with van der Waals surface area (Å²) >= 11 is 0. The zero-order chi connectivity index (χ0) is 46.0. The van der Waals surface area contributed by atoms with Gasteiger partial charge in [-0.25, -0.2) is 0 Å². The Bertz CT molecular complexity index is 2500. The number of pyridine rings is 1. The molecular weight excluding hydrogens is 761 g/mol. The van der Waals surface area contributed by atoms with Gasteiger partial charge in [-0.05, 0) is 143 Å². The zero-order valence-electron chi connectivity index (χ0n) is 41.8. The van der Waals surface area contributed by atoms with Crippen LogP contribution in [0.15, 0.2) is 109 Å². The maximum Gasteiger partial charge on any atom is 0.252 e. The van der Waals surface area contributed by atoms with Crippen molar-refractivity contribution >= 4 is 57.2 Å². The van der Waals surface area contributed by atoms with E-state index in [-0.39, 0.29) is 39.2 Å². The Morgan fingerprint density at radius 1 is 0.365 bits per heavy atom. The van der Waals surface area contributed by atoms with E-state index in [0.717, 1.165) is 11.3 Å². The van der Waals surface area contributed by atoms with Crippen LogP contribution < -0.4 is 26.2 Å². The SMILES string of the molecule is CC(C)(C)c1cc(N2c3ccc(C(C)(C)C)cc3B3c4cc(C(C)(C)C)ccc4N(c4cc(C(C)(C)C)cc(C(C)(C)C)c4)c4cc(-c5ccccn5)cc2c43)cc(C(C)(C)C)c1. The van der Waals surface area contributed by atoms with Crippen LogP contribution in [-0.4, -0.2) is 11.7 Å². The second kappa shape index (κ2) is 14.7. The highest BCUT2D eigenvalue weighted by Crippen LogP contribution is 2.49. The Labute approximate surface area is 381 Å². The molecule has 2 aliphatic heterocycles. The molecule has 0 radical (unpaired) electrons. The van der Waals surface area contributed by atoms with Crippen molar-refractivity contribution in [2.75, 3.05) is 9.80 Å². The summed E-state index contributed by atoms with van der Waals surface area (Å²) in [4.78, 5) is 10.2. The van der Waals surface area contributed by atoms with Crippen molar-refractivity contribution in [1.29, 1.82) is 0 Å². The van der Waals surface area contributed by atoms with Gasteiger partial charge in [-0.15, -0.1) is 0 Å². The van der Waals surface area contributed by atoms with E-state index in [1.54, 1.807) is 0 Å². The van der Waals surface area contributed by atoms with Gasteiger partial charge in [0.1, 0.15) is 0 Å². The van der Waals surface area contributed by atoms with Crippen LogP contribution in [0.1, 0.15) is 158 Å². The molecule has 1 aromatic heterocycles. The first-order valence-electron chi connectivity index (χ1n) is 23.3. The summed E-state index contributed by atoms with van der Waals surface area (Å²) in [6.45, 7) is 42.2. The molecule has 4 heteroatoms. The molecule has 0 unspecified atom stereocenters. The summed E-state index contributed by atoms with van der Waals surface area (Å²) < 4.78 is 0. The Kier molecular flexibility index (Phi) is 10.4. The van der Waals surface area contributed by atoms with Crippen molar-refractivity contribution in [2.24, 2.45) is 0 Å². The number of anilines is 6. The topological polar surface area (TPSA) is 19.4 Å². The molecule has 3 heterocycles. The van der Waals surface area contributed by atoms with Crippen LogP contribution in [0.5, 0.6) is 0 Å². The van der Waals surface area contributed by atoms with Crippen molar-refractivity contribution in [3.63, 3.8) is 0 Å². The molecule has 0 bridgehead atoms. The van der Waals surface area contributed by atoms with E-state index in [9.17, 15) is 0 Å². The normalized spacial score (nSPS) is 14.4. The minimum absolute atomic E-state index is 0.00402. The Balaban J connectivity index is 1.58. The third kappa shape index (κ3) is 8.17. The van der Waals surface area contributed by atoms with Gasteiger partial charge in [-0.3, -0.25) is 4.98 Å². The summed E-state index contributed by atoms with van der Waals surface area (Å²) in [5.41, 5.74) is 21.2. The predicted octanol–water partition coefficient (Wildman–Crippen LogP) is 14.6. The molecule has 63 heavy (non-hydrogen) atoms. The van der Waals surface area contributed by atoms with E-state index >= 15 is 0 Å². The molecule has 5 aromatic carbocycles. The highest BCUT2D eigenvalue weighted by atomic mass is 15.2. The fraction of sp³-hybridized carbons (Fsp3) is 0.407. The zero-order valence-corrected chi connectivity index (χ0v) is 41.8. The van der Waals surface area contributed by atoms with Crippen LogP contribution in [0.4, 0.5) is 34.1 Å². The van der Waals surface area contributed by atoms with Gasteiger partial charge >= 0.3 is 0 Å².